The molecule has 1 amide bonds. The third-order valence-electron chi connectivity index (χ3n) is 16.2. The van der Waals surface area contributed by atoms with Gasteiger partial charge in [-0.25, -0.2) is 0 Å². The first-order valence-corrected chi connectivity index (χ1v) is 33.6. The van der Waals surface area contributed by atoms with E-state index >= 15 is 0 Å². The van der Waals surface area contributed by atoms with Gasteiger partial charge in [-0.15, -0.1) is 0 Å². The number of carbonyl (C=O) groups is 1. The molecule has 0 aromatic carbocycles. The predicted molar refractivity (Wildman–Crippen MR) is 321 cm³/mol. The van der Waals surface area contributed by atoms with Crippen molar-refractivity contribution in [3.63, 3.8) is 0 Å². The minimum Gasteiger partial charge on any atom is -0.394 e. The molecule has 0 aliphatic rings. The number of allylic oxidation sites excluding steroid dienone is 2. The van der Waals surface area contributed by atoms with Gasteiger partial charge in [0.2, 0.25) is 5.91 Å². The van der Waals surface area contributed by atoms with Crippen molar-refractivity contribution in [3.05, 3.63) is 12.2 Å². The molecule has 0 fully saturated rings. The molecule has 0 bridgehead atoms. The summed E-state index contributed by atoms with van der Waals surface area (Å²) in [6, 6.07) is -0.985. The van der Waals surface area contributed by atoms with Crippen molar-refractivity contribution in [2.24, 2.45) is 0 Å². The van der Waals surface area contributed by atoms with Crippen molar-refractivity contribution in [1.82, 2.24) is 5.32 Å². The van der Waals surface area contributed by atoms with Gasteiger partial charge in [0.1, 0.15) is 12.2 Å². The van der Waals surface area contributed by atoms with Crippen LogP contribution in [0.2, 0.25) is 0 Å². The molecule has 5 N–H and O–H groups in total. The number of amides is 1. The zero-order chi connectivity index (χ0) is 53.0. The standard InChI is InChI=1S/C67H133NO5/c1-3-5-7-9-11-13-15-17-19-21-23-25-27-29-31-33-35-36-38-40-42-44-46-48-50-52-54-56-58-60-64(70)66(72)63(62-69)68-67(73)65(71)61-59-57-55-53-51-49-47-45-43-41-39-37-34-32-30-28-26-24-22-20-18-16-14-12-10-8-6-4-2/h30,32,63-66,69-72H,3-29,31,33-62H2,1-2H3,(H,68,73)/b32-30-. The number of hydrogen-bond acceptors (Lipinski definition) is 5. The first kappa shape index (κ1) is 72.0. The SMILES string of the molecule is CCCCCCCCCCCCCC/C=C\CCCCCCCCCCCCCCC(O)C(=O)NC(CO)C(O)C(O)CCCCCCCCCCCCCCCCCCCCCCCCCCCCCCC. The first-order chi connectivity index (χ1) is 36.0. The van der Waals surface area contributed by atoms with Crippen molar-refractivity contribution >= 4 is 5.91 Å². The Morgan fingerprint density at radius 2 is 0.548 bits per heavy atom. The van der Waals surface area contributed by atoms with Gasteiger partial charge in [-0.1, -0.05) is 353 Å². The minimum atomic E-state index is -1.26. The Balaban J connectivity index is 3.54. The van der Waals surface area contributed by atoms with E-state index in [-0.39, 0.29) is 0 Å². The van der Waals surface area contributed by atoms with Gasteiger partial charge in [-0.3, -0.25) is 4.79 Å². The van der Waals surface area contributed by atoms with Crippen LogP contribution in [0.25, 0.3) is 0 Å². The molecule has 436 valence electrons. The molecule has 0 rings (SSSR count). The molecule has 0 aromatic heterocycles. The Kier molecular flexibility index (Phi) is 61.1. The summed E-state index contributed by atoms with van der Waals surface area (Å²) in [6.45, 7) is 4.11. The van der Waals surface area contributed by atoms with Gasteiger partial charge in [0.05, 0.1) is 18.8 Å². The van der Waals surface area contributed by atoms with Crippen LogP contribution in [-0.4, -0.2) is 57.3 Å². The van der Waals surface area contributed by atoms with Gasteiger partial charge in [0.25, 0.3) is 0 Å². The van der Waals surface area contributed by atoms with E-state index < -0.39 is 36.9 Å². The summed E-state index contributed by atoms with van der Waals surface area (Å²) in [4.78, 5) is 12.7. The maximum Gasteiger partial charge on any atom is 0.249 e. The fourth-order valence-electron chi connectivity index (χ4n) is 11.0. The fourth-order valence-corrected chi connectivity index (χ4v) is 11.0. The smallest absolute Gasteiger partial charge is 0.249 e. The second-order valence-corrected chi connectivity index (χ2v) is 23.5. The normalized spacial score (nSPS) is 13.6. The van der Waals surface area contributed by atoms with Gasteiger partial charge in [-0.05, 0) is 38.5 Å². The van der Waals surface area contributed by atoms with E-state index in [0.29, 0.717) is 12.8 Å². The third kappa shape index (κ3) is 55.6. The molecule has 6 heteroatoms. The lowest BCUT2D eigenvalue weighted by Crippen LogP contribution is -2.53. The lowest BCUT2D eigenvalue weighted by atomic mass is 9.99. The Hall–Kier alpha value is -0.950. The lowest BCUT2D eigenvalue weighted by Gasteiger charge is -2.27. The van der Waals surface area contributed by atoms with Gasteiger partial charge < -0.3 is 25.7 Å². The zero-order valence-electron chi connectivity index (χ0n) is 49.7. The summed E-state index contributed by atoms with van der Waals surface area (Å²) < 4.78 is 0. The Labute approximate surface area is 457 Å². The molecule has 0 aromatic rings. The molecule has 0 heterocycles. The van der Waals surface area contributed by atoms with Gasteiger partial charge in [0, 0.05) is 0 Å². The number of rotatable bonds is 63. The quantitative estimate of drug-likeness (QED) is 0.0308. The average molecular weight is 1030 g/mol. The highest BCUT2D eigenvalue weighted by atomic mass is 16.3. The van der Waals surface area contributed by atoms with Crippen LogP contribution in [0.3, 0.4) is 0 Å². The number of aliphatic hydroxyl groups excluding tert-OH is 4. The highest BCUT2D eigenvalue weighted by molar-refractivity contribution is 5.80. The summed E-state index contributed by atoms with van der Waals surface area (Å²) in [5.41, 5.74) is 0. The largest absolute Gasteiger partial charge is 0.394 e. The maximum absolute atomic E-state index is 12.7. The van der Waals surface area contributed by atoms with Gasteiger partial charge in [0.15, 0.2) is 0 Å². The van der Waals surface area contributed by atoms with Crippen LogP contribution in [0.4, 0.5) is 0 Å². The summed E-state index contributed by atoms with van der Waals surface area (Å²) in [5.74, 6) is -0.576. The van der Waals surface area contributed by atoms with Crippen LogP contribution in [0, 0.1) is 0 Å². The molecule has 4 unspecified atom stereocenters. The van der Waals surface area contributed by atoms with Gasteiger partial charge in [-0.2, -0.15) is 0 Å². The Bertz CT molecular complexity index is 1070. The Morgan fingerprint density at radius 3 is 0.795 bits per heavy atom. The number of carbonyl (C=O) groups excluding carboxylic acids is 1. The topological polar surface area (TPSA) is 110 Å². The molecule has 0 saturated heterocycles. The highest BCUT2D eigenvalue weighted by Crippen LogP contribution is 2.19. The first-order valence-electron chi connectivity index (χ1n) is 33.6. The molecule has 0 spiro atoms. The second kappa shape index (κ2) is 61.9. The zero-order valence-corrected chi connectivity index (χ0v) is 49.7. The molecule has 0 aliphatic carbocycles. The number of aliphatic hydroxyl groups is 4. The van der Waals surface area contributed by atoms with Crippen molar-refractivity contribution in [2.75, 3.05) is 6.61 Å². The maximum atomic E-state index is 12.7. The van der Waals surface area contributed by atoms with Crippen molar-refractivity contribution in [1.29, 1.82) is 0 Å². The van der Waals surface area contributed by atoms with Crippen molar-refractivity contribution in [2.45, 2.75) is 404 Å². The van der Waals surface area contributed by atoms with Crippen LogP contribution < -0.4 is 5.32 Å². The molecule has 73 heavy (non-hydrogen) atoms. The molecular weight excluding hydrogens is 899 g/mol. The average Bonchev–Trinajstić information content (AvgIpc) is 3.40. The second-order valence-electron chi connectivity index (χ2n) is 23.5. The van der Waals surface area contributed by atoms with E-state index in [0.717, 1.165) is 38.5 Å². The summed E-state index contributed by atoms with van der Waals surface area (Å²) in [5, 5.41) is 44.2. The van der Waals surface area contributed by atoms with Crippen molar-refractivity contribution in [3.8, 4) is 0 Å². The number of unbranched alkanes of at least 4 members (excludes halogenated alkanes) is 52. The molecule has 0 radical (unpaired) electrons. The summed E-state index contributed by atoms with van der Waals surface area (Å²) in [6.07, 6.45) is 76.1. The highest BCUT2D eigenvalue weighted by Gasteiger charge is 2.28. The molecule has 4 atom stereocenters. The molecular formula is C67H133NO5. The number of nitrogens with one attached hydrogen (secondary N) is 1. The van der Waals surface area contributed by atoms with E-state index in [1.165, 1.54) is 315 Å². The molecule has 0 saturated carbocycles. The summed E-state index contributed by atoms with van der Waals surface area (Å²) >= 11 is 0. The van der Waals surface area contributed by atoms with Crippen LogP contribution in [-0.2, 0) is 4.79 Å². The predicted octanol–water partition coefficient (Wildman–Crippen LogP) is 20.4. The molecule has 0 aliphatic heterocycles. The monoisotopic (exact) mass is 1030 g/mol. The number of hydrogen-bond donors (Lipinski definition) is 5. The minimum absolute atomic E-state index is 0.373. The van der Waals surface area contributed by atoms with Crippen LogP contribution in [0.15, 0.2) is 12.2 Å². The van der Waals surface area contributed by atoms with E-state index in [1.54, 1.807) is 0 Å². The lowest BCUT2D eigenvalue weighted by molar-refractivity contribution is -0.132. The van der Waals surface area contributed by atoms with E-state index in [4.69, 9.17) is 0 Å². The third-order valence-corrected chi connectivity index (χ3v) is 16.2. The van der Waals surface area contributed by atoms with Crippen LogP contribution in [0.5, 0.6) is 0 Å². The summed E-state index contributed by atoms with van der Waals surface area (Å²) in [7, 11) is 0. The molecule has 6 nitrogen and oxygen atoms in total. The van der Waals surface area contributed by atoms with Crippen LogP contribution in [0.1, 0.15) is 380 Å². The van der Waals surface area contributed by atoms with E-state index in [2.05, 4.69) is 31.3 Å². The Morgan fingerprint density at radius 1 is 0.329 bits per heavy atom. The fraction of sp³-hybridized carbons (Fsp3) is 0.955. The van der Waals surface area contributed by atoms with E-state index in [1.807, 2.05) is 0 Å². The van der Waals surface area contributed by atoms with Gasteiger partial charge >= 0.3 is 0 Å². The van der Waals surface area contributed by atoms with Crippen LogP contribution >= 0.6 is 0 Å². The van der Waals surface area contributed by atoms with Crippen molar-refractivity contribution < 1.29 is 25.2 Å². The van der Waals surface area contributed by atoms with E-state index in [9.17, 15) is 25.2 Å².